The fraction of sp³-hybridized carbons (Fsp3) is 0.280. The summed E-state index contributed by atoms with van der Waals surface area (Å²) < 4.78 is 13.8. The molecule has 0 saturated carbocycles. The van der Waals surface area contributed by atoms with Crippen molar-refractivity contribution in [1.29, 1.82) is 0 Å². The Morgan fingerprint density at radius 2 is 1.71 bits per heavy atom. The van der Waals surface area contributed by atoms with E-state index in [0.29, 0.717) is 5.56 Å². The van der Waals surface area contributed by atoms with Gasteiger partial charge in [0.15, 0.2) is 0 Å². The van der Waals surface area contributed by atoms with Gasteiger partial charge in [-0.25, -0.2) is 4.39 Å². The van der Waals surface area contributed by atoms with Crippen LogP contribution in [0.15, 0.2) is 53.4 Å². The van der Waals surface area contributed by atoms with Gasteiger partial charge in [-0.05, 0) is 47.0 Å². The average Bonchev–Trinajstić information content (AvgIpc) is 3.06. The topological polar surface area (TPSA) is 95.6 Å². The van der Waals surface area contributed by atoms with Crippen LogP contribution < -0.4 is 10.6 Å². The summed E-state index contributed by atoms with van der Waals surface area (Å²) in [4.78, 5) is 50.1. The molecule has 4 amide bonds. The van der Waals surface area contributed by atoms with E-state index in [9.17, 15) is 23.6 Å². The second-order valence-electron chi connectivity index (χ2n) is 8.71. The van der Waals surface area contributed by atoms with E-state index in [4.69, 9.17) is 0 Å². The Morgan fingerprint density at radius 3 is 2.35 bits per heavy atom. The van der Waals surface area contributed by atoms with Crippen LogP contribution in [0, 0.1) is 5.82 Å². The Morgan fingerprint density at radius 1 is 1.03 bits per heavy atom. The monoisotopic (exact) mass is 483 g/mol. The minimum absolute atomic E-state index is 0.0278. The third-order valence-corrected chi connectivity index (χ3v) is 6.05. The molecule has 1 heterocycles. The summed E-state index contributed by atoms with van der Waals surface area (Å²) in [6.07, 6.45) is 1.34. The molecule has 0 radical (unpaired) electrons. The van der Waals surface area contributed by atoms with Gasteiger partial charge in [-0.1, -0.05) is 51.1 Å². The van der Waals surface area contributed by atoms with Gasteiger partial charge in [-0.15, -0.1) is 0 Å². The number of hydrogen-bond donors (Lipinski definition) is 2. The number of rotatable bonds is 7. The number of nitrogens with zero attached hydrogens (tertiary/aromatic N) is 1. The molecule has 0 spiro atoms. The maximum Gasteiger partial charge on any atom is 0.293 e. The Labute approximate surface area is 201 Å². The number of carbonyl (C=O) groups is 4. The molecule has 0 atom stereocenters. The molecule has 2 N–H and O–H groups in total. The van der Waals surface area contributed by atoms with Crippen molar-refractivity contribution in [2.45, 2.75) is 26.2 Å². The summed E-state index contributed by atoms with van der Waals surface area (Å²) in [6.45, 7) is 5.99. The van der Waals surface area contributed by atoms with Crippen LogP contribution in [0.4, 0.5) is 9.18 Å². The first kappa shape index (κ1) is 25.2. The first-order chi connectivity index (χ1) is 16.1. The van der Waals surface area contributed by atoms with Crippen LogP contribution in [0.1, 0.15) is 42.3 Å². The van der Waals surface area contributed by atoms with Gasteiger partial charge in [-0.2, -0.15) is 0 Å². The summed E-state index contributed by atoms with van der Waals surface area (Å²) >= 11 is 0.720. The Bertz CT molecular complexity index is 1140. The third kappa shape index (κ3) is 6.32. The minimum atomic E-state index is -0.542. The van der Waals surface area contributed by atoms with Gasteiger partial charge in [0.05, 0.1) is 11.4 Å². The maximum absolute atomic E-state index is 13.8. The second kappa shape index (κ2) is 10.6. The number of imide groups is 1. The number of amides is 4. The molecular weight excluding hydrogens is 457 g/mol. The van der Waals surface area contributed by atoms with Crippen LogP contribution in [0.25, 0.3) is 6.08 Å². The van der Waals surface area contributed by atoms with E-state index < -0.39 is 22.9 Å². The fourth-order valence-electron chi connectivity index (χ4n) is 3.18. The van der Waals surface area contributed by atoms with Gasteiger partial charge in [0.25, 0.3) is 17.1 Å². The number of halogens is 1. The van der Waals surface area contributed by atoms with Crippen molar-refractivity contribution in [3.63, 3.8) is 0 Å². The van der Waals surface area contributed by atoms with Crippen LogP contribution in [0.5, 0.6) is 0 Å². The highest BCUT2D eigenvalue weighted by Crippen LogP contribution is 2.32. The van der Waals surface area contributed by atoms with Crippen molar-refractivity contribution >= 4 is 40.8 Å². The molecule has 0 unspecified atom stereocenters. The molecule has 1 aliphatic rings. The molecule has 1 aliphatic heterocycles. The zero-order valence-corrected chi connectivity index (χ0v) is 20.0. The molecule has 2 aromatic carbocycles. The molecule has 7 nitrogen and oxygen atoms in total. The number of hydrogen-bond acceptors (Lipinski definition) is 5. The average molecular weight is 484 g/mol. The van der Waals surface area contributed by atoms with Gasteiger partial charge >= 0.3 is 0 Å². The lowest BCUT2D eigenvalue weighted by atomic mass is 9.87. The van der Waals surface area contributed by atoms with Crippen molar-refractivity contribution in [3.05, 3.63) is 75.9 Å². The zero-order chi connectivity index (χ0) is 24.9. The summed E-state index contributed by atoms with van der Waals surface area (Å²) in [5.41, 5.74) is 1.72. The lowest BCUT2D eigenvalue weighted by Crippen LogP contribution is -2.41. The number of thioether (sulfide) groups is 1. The van der Waals surface area contributed by atoms with Gasteiger partial charge in [-0.3, -0.25) is 24.1 Å². The molecule has 9 heteroatoms. The highest BCUT2D eigenvalue weighted by Gasteiger charge is 2.34. The van der Waals surface area contributed by atoms with Gasteiger partial charge in [0, 0.05) is 24.2 Å². The second-order valence-corrected chi connectivity index (χ2v) is 9.71. The van der Waals surface area contributed by atoms with E-state index in [1.807, 2.05) is 12.1 Å². The van der Waals surface area contributed by atoms with Crippen molar-refractivity contribution in [2.75, 3.05) is 19.6 Å². The lowest BCUT2D eigenvalue weighted by Gasteiger charge is -2.19. The summed E-state index contributed by atoms with van der Waals surface area (Å²) in [6, 6.07) is 13.1. The van der Waals surface area contributed by atoms with Gasteiger partial charge < -0.3 is 10.6 Å². The first-order valence-corrected chi connectivity index (χ1v) is 11.5. The quantitative estimate of drug-likeness (QED) is 0.586. The highest BCUT2D eigenvalue weighted by atomic mass is 32.2. The van der Waals surface area contributed by atoms with Gasteiger partial charge in [0.2, 0.25) is 5.91 Å². The minimum Gasteiger partial charge on any atom is -0.353 e. The summed E-state index contributed by atoms with van der Waals surface area (Å²) in [7, 11) is 0. The molecule has 0 aromatic heterocycles. The Hall–Kier alpha value is -3.46. The molecule has 178 valence electrons. The van der Waals surface area contributed by atoms with E-state index >= 15 is 0 Å². The van der Waals surface area contributed by atoms with Crippen molar-refractivity contribution < 1.29 is 23.6 Å². The van der Waals surface area contributed by atoms with Crippen LogP contribution in [0.2, 0.25) is 0 Å². The molecule has 2 aromatic rings. The van der Waals surface area contributed by atoms with Crippen molar-refractivity contribution in [2.24, 2.45) is 0 Å². The third-order valence-electron chi connectivity index (χ3n) is 5.15. The first-order valence-electron chi connectivity index (χ1n) is 10.7. The standard InChI is InChI=1S/C25H26FN3O4S/c1-25(2,3)18-10-8-16(9-11-18)22(31)28-15-21(30)27-12-13-29-23(32)20(34-24(29)33)14-17-6-4-5-7-19(17)26/h4-11,14H,12-13,15H2,1-3H3,(H,27,30)(H,28,31). The van der Waals surface area contributed by atoms with Crippen LogP contribution in [0.3, 0.4) is 0 Å². The predicted molar refractivity (Wildman–Crippen MR) is 130 cm³/mol. The molecule has 0 aliphatic carbocycles. The molecule has 34 heavy (non-hydrogen) atoms. The highest BCUT2D eigenvalue weighted by molar-refractivity contribution is 8.18. The van der Waals surface area contributed by atoms with E-state index in [2.05, 4.69) is 31.4 Å². The SMILES string of the molecule is CC(C)(C)c1ccc(C(=O)NCC(=O)NCCN2C(=O)SC(=Cc3ccccc3F)C2=O)cc1. The van der Waals surface area contributed by atoms with E-state index in [0.717, 1.165) is 22.2 Å². The molecular formula is C25H26FN3O4S. The Kier molecular flexibility index (Phi) is 7.88. The Balaban J connectivity index is 1.46. The number of benzene rings is 2. The summed E-state index contributed by atoms with van der Waals surface area (Å²) in [5, 5.41) is 4.63. The van der Waals surface area contributed by atoms with Gasteiger partial charge in [0.1, 0.15) is 5.82 Å². The van der Waals surface area contributed by atoms with Crippen molar-refractivity contribution in [3.8, 4) is 0 Å². The zero-order valence-electron chi connectivity index (χ0n) is 19.2. The van der Waals surface area contributed by atoms with Crippen LogP contribution in [-0.4, -0.2) is 47.5 Å². The fourth-order valence-corrected chi connectivity index (χ4v) is 4.04. The molecule has 1 fully saturated rings. The van der Waals surface area contributed by atoms with E-state index in [-0.39, 0.29) is 41.4 Å². The number of carbonyl (C=O) groups excluding carboxylic acids is 4. The van der Waals surface area contributed by atoms with E-state index in [1.165, 1.54) is 24.3 Å². The van der Waals surface area contributed by atoms with Crippen LogP contribution in [-0.2, 0) is 15.0 Å². The largest absolute Gasteiger partial charge is 0.353 e. The summed E-state index contributed by atoms with van der Waals surface area (Å²) in [5.74, 6) is -1.86. The molecule has 0 bridgehead atoms. The smallest absolute Gasteiger partial charge is 0.293 e. The van der Waals surface area contributed by atoms with E-state index in [1.54, 1.807) is 18.2 Å². The van der Waals surface area contributed by atoms with Crippen molar-refractivity contribution in [1.82, 2.24) is 15.5 Å². The lowest BCUT2D eigenvalue weighted by molar-refractivity contribution is -0.124. The number of nitrogens with one attached hydrogen (secondary N) is 2. The maximum atomic E-state index is 13.8. The molecule has 1 saturated heterocycles. The normalized spacial score (nSPS) is 15.1. The predicted octanol–water partition coefficient (Wildman–Crippen LogP) is 3.71. The van der Waals surface area contributed by atoms with Crippen LogP contribution >= 0.6 is 11.8 Å². The molecule has 3 rings (SSSR count).